The lowest BCUT2D eigenvalue weighted by Crippen LogP contribution is -1.98. The Morgan fingerprint density at radius 3 is 2.67 bits per heavy atom. The molecule has 0 fully saturated rings. The molecule has 0 N–H and O–H groups in total. The van der Waals surface area contributed by atoms with Gasteiger partial charge in [-0.15, -0.1) is 11.3 Å². The predicted octanol–water partition coefficient (Wildman–Crippen LogP) is 4.36. The highest BCUT2D eigenvalue weighted by atomic mass is 32.1. The summed E-state index contributed by atoms with van der Waals surface area (Å²) < 4.78 is 3.19. The molecular weight excluding hydrogens is 222 g/mol. The lowest BCUT2D eigenvalue weighted by atomic mass is 10.2. The summed E-state index contributed by atoms with van der Waals surface area (Å²) in [7, 11) is 0. The van der Waals surface area contributed by atoms with Gasteiger partial charge in [-0.05, 0) is 24.2 Å². The fraction of sp³-hybridized carbons (Fsp3) is 0.250. The molecule has 1 nitrogen and oxygen atoms in total. The van der Waals surface area contributed by atoms with Gasteiger partial charge in [-0.1, -0.05) is 37.3 Å². The Labute approximate surface area is 99.0 Å². The van der Waals surface area contributed by atoms with Crippen molar-refractivity contribution >= 4 is 23.6 Å². The van der Waals surface area contributed by atoms with Crippen molar-refractivity contribution in [1.82, 2.24) is 4.57 Å². The van der Waals surface area contributed by atoms with E-state index in [0.29, 0.717) is 0 Å². The van der Waals surface area contributed by atoms with E-state index in [-0.39, 0.29) is 0 Å². The van der Waals surface area contributed by atoms with Gasteiger partial charge in [0.2, 0.25) is 0 Å². The smallest absolute Gasteiger partial charge is 0.161 e. The molecule has 2 aromatic rings. The van der Waals surface area contributed by atoms with Gasteiger partial charge in [-0.2, -0.15) is 0 Å². The van der Waals surface area contributed by atoms with E-state index in [4.69, 9.17) is 12.2 Å². The first-order valence-electron chi connectivity index (χ1n) is 5.06. The van der Waals surface area contributed by atoms with Crippen molar-refractivity contribution in [3.05, 3.63) is 39.7 Å². The first-order chi connectivity index (χ1) is 7.33. The third-order valence-corrected chi connectivity index (χ3v) is 3.57. The van der Waals surface area contributed by atoms with Crippen LogP contribution in [0, 0.1) is 3.95 Å². The molecule has 0 unspecified atom stereocenters. The zero-order chi connectivity index (χ0) is 10.7. The summed E-state index contributed by atoms with van der Waals surface area (Å²) in [4.78, 5) is 0. The summed E-state index contributed by atoms with van der Waals surface area (Å²) >= 11 is 6.96. The third-order valence-electron chi connectivity index (χ3n) is 2.30. The summed E-state index contributed by atoms with van der Waals surface area (Å²) in [5, 5.41) is 2.15. The maximum absolute atomic E-state index is 5.32. The second kappa shape index (κ2) is 4.73. The fourth-order valence-corrected chi connectivity index (χ4v) is 2.73. The van der Waals surface area contributed by atoms with E-state index < -0.39 is 0 Å². The summed E-state index contributed by atoms with van der Waals surface area (Å²) in [6, 6.07) is 10.4. The third kappa shape index (κ3) is 2.19. The zero-order valence-electron chi connectivity index (χ0n) is 8.64. The van der Waals surface area contributed by atoms with Crippen LogP contribution in [0.25, 0.3) is 11.3 Å². The molecule has 1 aromatic heterocycles. The van der Waals surface area contributed by atoms with E-state index in [0.717, 1.165) is 16.9 Å². The fourth-order valence-electron chi connectivity index (χ4n) is 1.60. The summed E-state index contributed by atoms with van der Waals surface area (Å²) in [6.07, 6.45) is 1.12. The quantitative estimate of drug-likeness (QED) is 0.716. The van der Waals surface area contributed by atoms with Gasteiger partial charge in [0.05, 0.1) is 5.69 Å². The van der Waals surface area contributed by atoms with Crippen molar-refractivity contribution < 1.29 is 0 Å². The Bertz CT molecular complexity index is 482. The topological polar surface area (TPSA) is 4.93 Å². The number of rotatable bonds is 3. The molecule has 0 aliphatic heterocycles. The molecule has 1 aromatic carbocycles. The molecule has 2 rings (SSSR count). The largest absolute Gasteiger partial charge is 0.323 e. The lowest BCUT2D eigenvalue weighted by molar-refractivity contribution is 0.686. The molecule has 1 heterocycles. The van der Waals surface area contributed by atoms with E-state index in [1.165, 1.54) is 11.3 Å². The Balaban J connectivity index is 2.49. The van der Waals surface area contributed by atoms with Crippen LogP contribution >= 0.6 is 23.6 Å². The number of nitrogens with zero attached hydrogens (tertiary/aromatic N) is 1. The van der Waals surface area contributed by atoms with E-state index >= 15 is 0 Å². The Morgan fingerprint density at radius 2 is 2.00 bits per heavy atom. The Kier molecular flexibility index (Phi) is 3.34. The van der Waals surface area contributed by atoms with Gasteiger partial charge in [-0.3, -0.25) is 0 Å². The first-order valence-corrected chi connectivity index (χ1v) is 6.35. The summed E-state index contributed by atoms with van der Waals surface area (Å²) in [5.41, 5.74) is 2.49. The van der Waals surface area contributed by atoms with Gasteiger partial charge in [0.1, 0.15) is 0 Å². The average molecular weight is 235 g/mol. The number of hydrogen-bond donors (Lipinski definition) is 0. The van der Waals surface area contributed by atoms with E-state index in [1.807, 2.05) is 6.07 Å². The van der Waals surface area contributed by atoms with Crippen molar-refractivity contribution in [2.75, 3.05) is 0 Å². The summed E-state index contributed by atoms with van der Waals surface area (Å²) in [5.74, 6) is 0. The van der Waals surface area contributed by atoms with Crippen LogP contribution in [-0.2, 0) is 6.54 Å². The van der Waals surface area contributed by atoms with Crippen LogP contribution in [0.4, 0.5) is 0 Å². The highest BCUT2D eigenvalue weighted by Gasteiger charge is 2.04. The van der Waals surface area contributed by atoms with Crippen LogP contribution in [0.15, 0.2) is 35.7 Å². The zero-order valence-corrected chi connectivity index (χ0v) is 10.3. The standard InChI is InChI=1S/C12H13NS2/c1-2-8-13-11(9-15-12(13)14)10-6-4-3-5-7-10/h3-7,9H,2,8H2,1H3. The normalized spacial score (nSPS) is 10.5. The molecule has 78 valence electrons. The second-order valence-electron chi connectivity index (χ2n) is 3.40. The summed E-state index contributed by atoms with van der Waals surface area (Å²) in [6.45, 7) is 3.18. The van der Waals surface area contributed by atoms with Gasteiger partial charge in [0, 0.05) is 11.9 Å². The minimum absolute atomic E-state index is 0.968. The molecule has 0 aliphatic carbocycles. The average Bonchev–Trinajstić information content (AvgIpc) is 2.63. The maximum Gasteiger partial charge on any atom is 0.161 e. The van der Waals surface area contributed by atoms with Gasteiger partial charge < -0.3 is 4.57 Å². The molecule has 3 heteroatoms. The van der Waals surface area contributed by atoms with Gasteiger partial charge in [0.15, 0.2) is 3.95 Å². The van der Waals surface area contributed by atoms with Crippen LogP contribution in [0.1, 0.15) is 13.3 Å². The van der Waals surface area contributed by atoms with Crippen molar-refractivity contribution in [2.45, 2.75) is 19.9 Å². The van der Waals surface area contributed by atoms with Gasteiger partial charge >= 0.3 is 0 Å². The van der Waals surface area contributed by atoms with Crippen molar-refractivity contribution in [2.24, 2.45) is 0 Å². The van der Waals surface area contributed by atoms with Crippen LogP contribution in [0.2, 0.25) is 0 Å². The number of thiazole rings is 1. The van der Waals surface area contributed by atoms with Gasteiger partial charge in [-0.25, -0.2) is 0 Å². The van der Waals surface area contributed by atoms with Crippen LogP contribution in [0.3, 0.4) is 0 Å². The van der Waals surface area contributed by atoms with E-state index in [9.17, 15) is 0 Å². The number of aromatic nitrogens is 1. The highest BCUT2D eigenvalue weighted by molar-refractivity contribution is 7.73. The van der Waals surface area contributed by atoms with Crippen molar-refractivity contribution in [1.29, 1.82) is 0 Å². The molecule has 15 heavy (non-hydrogen) atoms. The van der Waals surface area contributed by atoms with Crippen molar-refractivity contribution in [3.63, 3.8) is 0 Å². The Hall–Kier alpha value is -0.930. The van der Waals surface area contributed by atoms with E-state index in [1.54, 1.807) is 11.3 Å². The monoisotopic (exact) mass is 235 g/mol. The SMILES string of the molecule is CCCn1c(-c2ccccc2)csc1=S. The number of hydrogen-bond acceptors (Lipinski definition) is 2. The van der Waals surface area contributed by atoms with Crippen LogP contribution < -0.4 is 0 Å². The first kappa shape index (κ1) is 10.6. The molecule has 0 bridgehead atoms. The number of benzene rings is 1. The Morgan fingerprint density at radius 1 is 1.27 bits per heavy atom. The molecular formula is C12H13NS2. The van der Waals surface area contributed by atoms with E-state index in [2.05, 4.69) is 41.1 Å². The molecule has 0 atom stereocenters. The predicted molar refractivity (Wildman–Crippen MR) is 68.9 cm³/mol. The maximum atomic E-state index is 5.32. The van der Waals surface area contributed by atoms with Crippen molar-refractivity contribution in [3.8, 4) is 11.3 Å². The minimum atomic E-state index is 0.968. The molecule has 0 radical (unpaired) electrons. The molecule has 0 saturated heterocycles. The lowest BCUT2D eigenvalue weighted by Gasteiger charge is -2.06. The minimum Gasteiger partial charge on any atom is -0.323 e. The molecule has 0 aliphatic rings. The highest BCUT2D eigenvalue weighted by Crippen LogP contribution is 2.23. The second-order valence-corrected chi connectivity index (χ2v) is 4.91. The van der Waals surface area contributed by atoms with Crippen LogP contribution in [0.5, 0.6) is 0 Å². The van der Waals surface area contributed by atoms with Gasteiger partial charge in [0.25, 0.3) is 0 Å². The van der Waals surface area contributed by atoms with Crippen LogP contribution in [-0.4, -0.2) is 4.57 Å². The molecule has 0 saturated carbocycles. The molecule has 0 amide bonds. The molecule has 0 spiro atoms.